The van der Waals surface area contributed by atoms with Gasteiger partial charge in [-0.05, 0) is 18.6 Å². The van der Waals surface area contributed by atoms with E-state index in [-0.39, 0.29) is 12.5 Å². The minimum atomic E-state index is -0.947. The molecule has 0 aromatic heterocycles. The van der Waals surface area contributed by atoms with E-state index in [1.165, 1.54) is 4.90 Å². The highest BCUT2D eigenvalue weighted by molar-refractivity contribution is 7.99. The van der Waals surface area contributed by atoms with Gasteiger partial charge in [-0.3, -0.25) is 9.59 Å². The fourth-order valence-corrected chi connectivity index (χ4v) is 1.91. The maximum absolute atomic E-state index is 11.6. The molecule has 15 heavy (non-hydrogen) atoms. The molecular formula is C10H19NO3S. The van der Waals surface area contributed by atoms with Gasteiger partial charge in [-0.2, -0.15) is 11.8 Å². The molecule has 0 heterocycles. The minimum absolute atomic E-state index is 0.0716. The van der Waals surface area contributed by atoms with Crippen LogP contribution in [0.15, 0.2) is 0 Å². The fourth-order valence-electron chi connectivity index (χ4n) is 1.12. The number of hydrogen-bond donors (Lipinski definition) is 1. The van der Waals surface area contributed by atoms with E-state index in [0.29, 0.717) is 12.3 Å². The van der Waals surface area contributed by atoms with E-state index in [2.05, 4.69) is 6.92 Å². The van der Waals surface area contributed by atoms with Crippen molar-refractivity contribution in [1.29, 1.82) is 0 Å². The molecular weight excluding hydrogens is 214 g/mol. The number of thioether (sulfide) groups is 1. The average Bonchev–Trinajstić information content (AvgIpc) is 2.17. The molecule has 1 N–H and O–H groups in total. The first-order chi connectivity index (χ1) is 7.11. The van der Waals surface area contributed by atoms with Crippen LogP contribution in [0.1, 0.15) is 26.7 Å². The summed E-state index contributed by atoms with van der Waals surface area (Å²) in [6.07, 6.45) is 1.82. The Morgan fingerprint density at radius 2 is 1.93 bits per heavy atom. The molecule has 0 aliphatic heterocycles. The van der Waals surface area contributed by atoms with Gasteiger partial charge in [-0.1, -0.05) is 13.8 Å². The van der Waals surface area contributed by atoms with Gasteiger partial charge in [0.1, 0.15) is 6.54 Å². The Bertz CT molecular complexity index is 209. The highest BCUT2D eigenvalue weighted by Gasteiger charge is 2.15. The van der Waals surface area contributed by atoms with Crippen molar-refractivity contribution < 1.29 is 14.7 Å². The summed E-state index contributed by atoms with van der Waals surface area (Å²) in [4.78, 5) is 23.5. The summed E-state index contributed by atoms with van der Waals surface area (Å²) in [5, 5.41) is 8.63. The average molecular weight is 233 g/mol. The number of carboxylic acid groups (broad SMARTS) is 1. The maximum atomic E-state index is 11.6. The Balaban J connectivity index is 3.98. The summed E-state index contributed by atoms with van der Waals surface area (Å²) >= 11 is 1.56. The van der Waals surface area contributed by atoms with Gasteiger partial charge in [-0.15, -0.1) is 0 Å². The highest BCUT2D eigenvalue weighted by Crippen LogP contribution is 2.04. The van der Waals surface area contributed by atoms with Crippen LogP contribution in [0, 0.1) is 0 Å². The summed E-state index contributed by atoms with van der Waals surface area (Å²) < 4.78 is 0. The Morgan fingerprint density at radius 3 is 2.40 bits per heavy atom. The fraction of sp³-hybridized carbons (Fsp3) is 0.800. The first-order valence-corrected chi connectivity index (χ1v) is 6.34. The van der Waals surface area contributed by atoms with E-state index in [9.17, 15) is 9.59 Å². The predicted octanol–water partition coefficient (Wildman–Crippen LogP) is 1.45. The maximum Gasteiger partial charge on any atom is 0.323 e. The molecule has 0 aromatic rings. The predicted molar refractivity (Wildman–Crippen MR) is 62.1 cm³/mol. The first kappa shape index (κ1) is 14.3. The number of nitrogens with zero attached hydrogens (tertiary/aromatic N) is 1. The van der Waals surface area contributed by atoms with Crippen LogP contribution in [0.4, 0.5) is 0 Å². The second-order valence-electron chi connectivity index (χ2n) is 3.26. The topological polar surface area (TPSA) is 57.6 Å². The van der Waals surface area contributed by atoms with Crippen molar-refractivity contribution in [2.45, 2.75) is 26.7 Å². The summed E-state index contributed by atoms with van der Waals surface area (Å²) in [6, 6.07) is 0. The van der Waals surface area contributed by atoms with Crippen molar-refractivity contribution in [2.75, 3.05) is 24.6 Å². The van der Waals surface area contributed by atoms with E-state index in [0.717, 1.165) is 18.6 Å². The van der Waals surface area contributed by atoms with Crippen LogP contribution in [0.25, 0.3) is 0 Å². The van der Waals surface area contributed by atoms with E-state index in [4.69, 9.17) is 5.11 Å². The van der Waals surface area contributed by atoms with E-state index in [1.807, 2.05) is 6.92 Å². The normalized spacial score (nSPS) is 10.0. The number of hydrogen-bond acceptors (Lipinski definition) is 3. The second kappa shape index (κ2) is 8.59. The Hall–Kier alpha value is -0.710. The van der Waals surface area contributed by atoms with Gasteiger partial charge in [0.2, 0.25) is 5.91 Å². The number of amides is 1. The van der Waals surface area contributed by atoms with Crippen molar-refractivity contribution in [3.8, 4) is 0 Å². The van der Waals surface area contributed by atoms with Gasteiger partial charge >= 0.3 is 5.97 Å². The third kappa shape index (κ3) is 7.25. The van der Waals surface area contributed by atoms with Crippen molar-refractivity contribution in [2.24, 2.45) is 0 Å². The van der Waals surface area contributed by atoms with Crippen LogP contribution in [-0.4, -0.2) is 46.5 Å². The van der Waals surface area contributed by atoms with Crippen molar-refractivity contribution in [1.82, 2.24) is 4.90 Å². The molecule has 0 rings (SSSR count). The number of aliphatic carboxylic acids is 1. The molecule has 0 fully saturated rings. The SMILES string of the molecule is CCCSCC(=O)N(CCC)CC(=O)O. The van der Waals surface area contributed by atoms with E-state index < -0.39 is 5.97 Å². The van der Waals surface area contributed by atoms with Gasteiger partial charge in [0.15, 0.2) is 0 Å². The zero-order valence-electron chi connectivity index (χ0n) is 9.36. The number of carboxylic acids is 1. The summed E-state index contributed by atoms with van der Waals surface area (Å²) in [6.45, 7) is 4.33. The van der Waals surface area contributed by atoms with Crippen molar-refractivity contribution in [3.63, 3.8) is 0 Å². The Labute approximate surface area is 95.0 Å². The second-order valence-corrected chi connectivity index (χ2v) is 4.37. The molecule has 0 aliphatic rings. The first-order valence-electron chi connectivity index (χ1n) is 5.19. The molecule has 4 nitrogen and oxygen atoms in total. The van der Waals surface area contributed by atoms with Crippen LogP contribution < -0.4 is 0 Å². The molecule has 0 bridgehead atoms. The van der Waals surface area contributed by atoms with Crippen molar-refractivity contribution in [3.05, 3.63) is 0 Å². The molecule has 88 valence electrons. The molecule has 0 radical (unpaired) electrons. The third-order valence-corrected chi connectivity index (χ3v) is 2.89. The lowest BCUT2D eigenvalue weighted by Crippen LogP contribution is -2.37. The van der Waals surface area contributed by atoms with Gasteiger partial charge in [0.05, 0.1) is 5.75 Å². The lowest BCUT2D eigenvalue weighted by molar-refractivity contribution is -0.143. The van der Waals surface area contributed by atoms with Crippen molar-refractivity contribution >= 4 is 23.6 Å². The van der Waals surface area contributed by atoms with Crippen LogP contribution in [-0.2, 0) is 9.59 Å². The highest BCUT2D eigenvalue weighted by atomic mass is 32.2. The largest absolute Gasteiger partial charge is 0.480 e. The minimum Gasteiger partial charge on any atom is -0.480 e. The number of carbonyl (C=O) groups excluding carboxylic acids is 1. The van der Waals surface area contributed by atoms with Gasteiger partial charge in [0, 0.05) is 6.54 Å². The Morgan fingerprint density at radius 1 is 1.27 bits per heavy atom. The molecule has 1 amide bonds. The van der Waals surface area contributed by atoms with Crippen LogP contribution >= 0.6 is 11.8 Å². The molecule has 0 aliphatic carbocycles. The molecule has 0 unspecified atom stereocenters. The smallest absolute Gasteiger partial charge is 0.323 e. The zero-order valence-corrected chi connectivity index (χ0v) is 10.2. The van der Waals surface area contributed by atoms with Crippen LogP contribution in [0.5, 0.6) is 0 Å². The number of carbonyl (C=O) groups is 2. The van der Waals surface area contributed by atoms with Crippen LogP contribution in [0.2, 0.25) is 0 Å². The third-order valence-electron chi connectivity index (χ3n) is 1.75. The van der Waals surface area contributed by atoms with Crippen LogP contribution in [0.3, 0.4) is 0 Å². The molecule has 0 saturated heterocycles. The van der Waals surface area contributed by atoms with Gasteiger partial charge in [0.25, 0.3) is 0 Å². The van der Waals surface area contributed by atoms with E-state index >= 15 is 0 Å². The molecule has 0 spiro atoms. The lowest BCUT2D eigenvalue weighted by Gasteiger charge is -2.19. The molecule has 0 aromatic carbocycles. The molecule has 5 heteroatoms. The summed E-state index contributed by atoms with van der Waals surface area (Å²) in [5.41, 5.74) is 0. The van der Waals surface area contributed by atoms with E-state index in [1.54, 1.807) is 11.8 Å². The summed E-state index contributed by atoms with van der Waals surface area (Å²) in [5.74, 6) is 0.315. The quantitative estimate of drug-likeness (QED) is 0.645. The standard InChI is InChI=1S/C10H19NO3S/c1-3-5-11(7-10(13)14)9(12)8-15-6-4-2/h3-8H2,1-2H3,(H,13,14). The zero-order chi connectivity index (χ0) is 11.7. The molecule has 0 saturated carbocycles. The lowest BCUT2D eigenvalue weighted by atomic mass is 10.4. The molecule has 0 atom stereocenters. The van der Waals surface area contributed by atoms with Gasteiger partial charge in [-0.25, -0.2) is 0 Å². The summed E-state index contributed by atoms with van der Waals surface area (Å²) in [7, 11) is 0. The monoisotopic (exact) mass is 233 g/mol. The van der Waals surface area contributed by atoms with Gasteiger partial charge < -0.3 is 10.0 Å². The Kier molecular flexibility index (Phi) is 8.18. The number of rotatable bonds is 8.